The highest BCUT2D eigenvalue weighted by Crippen LogP contribution is 2.13. The molecule has 2 rings (SSSR count). The monoisotopic (exact) mass is 214 g/mol. The van der Waals surface area contributed by atoms with Crippen LogP contribution in [0.25, 0.3) is 0 Å². The van der Waals surface area contributed by atoms with Crippen molar-refractivity contribution in [1.29, 1.82) is 0 Å². The second kappa shape index (κ2) is 5.98. The third kappa shape index (κ3) is 3.72. The molecule has 0 bridgehead atoms. The Morgan fingerprint density at radius 3 is 2.53 bits per heavy atom. The molecule has 0 radical (unpaired) electrons. The lowest BCUT2D eigenvalue weighted by atomic mass is 10.2. The van der Waals surface area contributed by atoms with Crippen molar-refractivity contribution in [3.05, 3.63) is 12.5 Å². The predicted octanol–water partition coefficient (Wildman–Crippen LogP) is 1.81. The summed E-state index contributed by atoms with van der Waals surface area (Å²) < 4.78 is 20.9. The van der Waals surface area contributed by atoms with Gasteiger partial charge < -0.3 is 18.9 Å². The van der Waals surface area contributed by atoms with Crippen molar-refractivity contribution in [2.45, 2.75) is 38.1 Å². The van der Waals surface area contributed by atoms with Crippen LogP contribution in [0.3, 0.4) is 0 Å². The molecule has 15 heavy (non-hydrogen) atoms. The van der Waals surface area contributed by atoms with Crippen molar-refractivity contribution in [3.8, 4) is 0 Å². The summed E-state index contributed by atoms with van der Waals surface area (Å²) in [5.41, 5.74) is 0. The third-order valence-corrected chi connectivity index (χ3v) is 2.56. The molecule has 0 amide bonds. The molecule has 0 aromatic heterocycles. The molecule has 0 spiro atoms. The van der Waals surface area contributed by atoms with Gasteiger partial charge in [0.2, 0.25) is 6.29 Å². The lowest BCUT2D eigenvalue weighted by Crippen LogP contribution is -2.36. The molecule has 0 N–H and O–H groups in total. The Balaban J connectivity index is 1.35. The van der Waals surface area contributed by atoms with E-state index in [1.807, 2.05) is 0 Å². The van der Waals surface area contributed by atoms with Crippen LogP contribution in [0.5, 0.6) is 0 Å². The van der Waals surface area contributed by atoms with Crippen LogP contribution in [0.2, 0.25) is 0 Å². The van der Waals surface area contributed by atoms with Gasteiger partial charge in [0.1, 0.15) is 18.6 Å². The van der Waals surface area contributed by atoms with Crippen LogP contribution in [-0.4, -0.2) is 32.2 Å². The molecule has 2 heterocycles. The van der Waals surface area contributed by atoms with Gasteiger partial charge >= 0.3 is 0 Å². The molecule has 1 saturated heterocycles. The van der Waals surface area contributed by atoms with Gasteiger partial charge in [0.25, 0.3) is 0 Å². The van der Waals surface area contributed by atoms with E-state index in [2.05, 4.69) is 0 Å². The summed E-state index contributed by atoms with van der Waals surface area (Å²) in [6.07, 6.45) is 7.86. The van der Waals surface area contributed by atoms with Gasteiger partial charge in [-0.05, 0) is 12.8 Å². The fourth-order valence-electron chi connectivity index (χ4n) is 1.56. The summed E-state index contributed by atoms with van der Waals surface area (Å²) in [4.78, 5) is 0. The summed E-state index contributed by atoms with van der Waals surface area (Å²) in [5.74, 6) is 0. The Hall–Kier alpha value is -0.740. The quantitative estimate of drug-likeness (QED) is 0.606. The van der Waals surface area contributed by atoms with Crippen LogP contribution in [0.15, 0.2) is 12.5 Å². The molecule has 1 fully saturated rings. The van der Waals surface area contributed by atoms with Crippen molar-refractivity contribution in [2.75, 3.05) is 19.8 Å². The number of hydrogen-bond donors (Lipinski definition) is 0. The second-order valence-corrected chi connectivity index (χ2v) is 3.85. The Morgan fingerprint density at radius 1 is 1.07 bits per heavy atom. The number of ether oxygens (including phenoxy) is 4. The fourth-order valence-corrected chi connectivity index (χ4v) is 1.56. The van der Waals surface area contributed by atoms with Crippen molar-refractivity contribution >= 4 is 0 Å². The average Bonchev–Trinajstić information content (AvgIpc) is 2.66. The van der Waals surface area contributed by atoms with Gasteiger partial charge in [0.15, 0.2) is 0 Å². The highest BCUT2D eigenvalue weighted by Gasteiger charge is 2.18. The molecule has 0 aromatic rings. The smallest absolute Gasteiger partial charge is 0.239 e. The second-order valence-electron chi connectivity index (χ2n) is 3.85. The van der Waals surface area contributed by atoms with Gasteiger partial charge in [-0.3, -0.25) is 0 Å². The standard InChI is InChI=1S/C11H18O4/c1(2-4-11-14-6-7-15-11)3-5-13-10-8-12-9-10/h6-7,10-11H,1-5,8-9H2. The lowest BCUT2D eigenvalue weighted by molar-refractivity contribution is -0.130. The van der Waals surface area contributed by atoms with Crippen molar-refractivity contribution < 1.29 is 18.9 Å². The molecular weight excluding hydrogens is 196 g/mol. The van der Waals surface area contributed by atoms with Crippen LogP contribution in [0.4, 0.5) is 0 Å². The fraction of sp³-hybridized carbons (Fsp3) is 0.818. The van der Waals surface area contributed by atoms with E-state index in [4.69, 9.17) is 18.9 Å². The van der Waals surface area contributed by atoms with Gasteiger partial charge in [-0.2, -0.15) is 0 Å². The summed E-state index contributed by atoms with van der Waals surface area (Å²) in [6.45, 7) is 2.39. The molecule has 0 aliphatic carbocycles. The van der Waals surface area contributed by atoms with Crippen molar-refractivity contribution in [1.82, 2.24) is 0 Å². The van der Waals surface area contributed by atoms with Crippen molar-refractivity contribution in [2.24, 2.45) is 0 Å². The molecule has 86 valence electrons. The van der Waals surface area contributed by atoms with Gasteiger partial charge in [0.05, 0.1) is 13.2 Å². The maximum absolute atomic E-state index is 5.55. The van der Waals surface area contributed by atoms with Gasteiger partial charge in [-0.1, -0.05) is 6.42 Å². The molecule has 4 nitrogen and oxygen atoms in total. The zero-order valence-electron chi connectivity index (χ0n) is 8.89. The molecule has 2 aliphatic rings. The van der Waals surface area contributed by atoms with E-state index in [1.165, 1.54) is 0 Å². The zero-order chi connectivity index (χ0) is 10.3. The van der Waals surface area contributed by atoms with Crippen LogP contribution < -0.4 is 0 Å². The average molecular weight is 214 g/mol. The van der Waals surface area contributed by atoms with Gasteiger partial charge in [-0.15, -0.1) is 0 Å². The molecule has 0 atom stereocenters. The third-order valence-electron chi connectivity index (χ3n) is 2.56. The van der Waals surface area contributed by atoms with Gasteiger partial charge in [-0.25, -0.2) is 0 Å². The normalized spacial score (nSPS) is 21.1. The zero-order valence-corrected chi connectivity index (χ0v) is 8.89. The topological polar surface area (TPSA) is 36.9 Å². The summed E-state index contributed by atoms with van der Waals surface area (Å²) >= 11 is 0. The van der Waals surface area contributed by atoms with Crippen LogP contribution >= 0.6 is 0 Å². The molecule has 0 saturated carbocycles. The van der Waals surface area contributed by atoms with E-state index in [0.29, 0.717) is 6.10 Å². The Labute approximate surface area is 90.1 Å². The van der Waals surface area contributed by atoms with E-state index in [-0.39, 0.29) is 6.29 Å². The van der Waals surface area contributed by atoms with Crippen LogP contribution in [0, 0.1) is 0 Å². The summed E-state index contributed by atoms with van der Waals surface area (Å²) in [6, 6.07) is 0. The maximum Gasteiger partial charge on any atom is 0.239 e. The first kappa shape index (κ1) is 10.8. The first-order chi connectivity index (χ1) is 7.45. The highest BCUT2D eigenvalue weighted by molar-refractivity contribution is 4.70. The SMILES string of the molecule is C1=COC(CCCCCOC2COC2)O1. The summed E-state index contributed by atoms with van der Waals surface area (Å²) in [7, 11) is 0. The largest absolute Gasteiger partial charge is 0.459 e. The Kier molecular flexibility index (Phi) is 4.29. The molecular formula is C11H18O4. The maximum atomic E-state index is 5.55. The van der Waals surface area contributed by atoms with Crippen molar-refractivity contribution in [3.63, 3.8) is 0 Å². The minimum Gasteiger partial charge on any atom is -0.459 e. The molecule has 0 aromatic carbocycles. The molecule has 4 heteroatoms. The van der Waals surface area contributed by atoms with Crippen LogP contribution in [-0.2, 0) is 18.9 Å². The van der Waals surface area contributed by atoms with E-state index in [9.17, 15) is 0 Å². The Morgan fingerprint density at radius 2 is 1.87 bits per heavy atom. The Bertz CT molecular complexity index is 193. The van der Waals surface area contributed by atoms with E-state index in [0.717, 1.165) is 45.5 Å². The molecule has 2 aliphatic heterocycles. The van der Waals surface area contributed by atoms with Crippen LogP contribution in [0.1, 0.15) is 25.7 Å². The summed E-state index contributed by atoms with van der Waals surface area (Å²) in [5, 5.41) is 0. The minimum atomic E-state index is -0.0500. The number of unbranched alkanes of at least 4 members (excludes halogenated alkanes) is 2. The first-order valence-electron chi connectivity index (χ1n) is 5.60. The highest BCUT2D eigenvalue weighted by atomic mass is 16.7. The predicted molar refractivity (Wildman–Crippen MR) is 54.1 cm³/mol. The lowest BCUT2D eigenvalue weighted by Gasteiger charge is -2.25. The van der Waals surface area contributed by atoms with E-state index in [1.54, 1.807) is 12.5 Å². The van der Waals surface area contributed by atoms with E-state index < -0.39 is 0 Å². The van der Waals surface area contributed by atoms with Gasteiger partial charge in [0, 0.05) is 13.0 Å². The number of hydrogen-bond acceptors (Lipinski definition) is 4. The number of rotatable bonds is 7. The molecule has 0 unspecified atom stereocenters. The minimum absolute atomic E-state index is 0.0500. The first-order valence-corrected chi connectivity index (χ1v) is 5.60. The van der Waals surface area contributed by atoms with E-state index >= 15 is 0 Å².